The van der Waals surface area contributed by atoms with E-state index in [1.165, 1.54) is 0 Å². The summed E-state index contributed by atoms with van der Waals surface area (Å²) in [6.45, 7) is 11.8. The molecule has 0 bridgehead atoms. The van der Waals surface area contributed by atoms with Crippen molar-refractivity contribution in [3.63, 3.8) is 0 Å². The molecule has 0 aromatic carbocycles. The van der Waals surface area contributed by atoms with Crippen molar-refractivity contribution < 1.29 is 4.79 Å². The van der Waals surface area contributed by atoms with Gasteiger partial charge in [0.15, 0.2) is 0 Å². The van der Waals surface area contributed by atoms with Crippen molar-refractivity contribution in [1.29, 1.82) is 0 Å². The zero-order valence-corrected chi connectivity index (χ0v) is 10.1. The SMILES string of the molecule is CC(C)(C)C(=O)CC(=NN)C(C)(C)C. The molecule has 0 aromatic rings. The third-order valence-corrected chi connectivity index (χ3v) is 2.19. The highest BCUT2D eigenvalue weighted by Gasteiger charge is 2.27. The lowest BCUT2D eigenvalue weighted by Gasteiger charge is -2.23. The zero-order chi connectivity index (χ0) is 11.6. The summed E-state index contributed by atoms with van der Waals surface area (Å²) in [5, 5.41) is 3.71. The van der Waals surface area contributed by atoms with E-state index in [-0.39, 0.29) is 16.6 Å². The minimum absolute atomic E-state index is 0.129. The molecule has 0 aromatic heterocycles. The largest absolute Gasteiger partial charge is 0.323 e. The van der Waals surface area contributed by atoms with Crippen molar-refractivity contribution in [2.45, 2.75) is 48.0 Å². The van der Waals surface area contributed by atoms with E-state index in [4.69, 9.17) is 5.84 Å². The minimum Gasteiger partial charge on any atom is -0.323 e. The highest BCUT2D eigenvalue weighted by atomic mass is 16.1. The number of Topliss-reactive ketones (excluding diaryl/α,β-unsaturated/α-hetero) is 1. The first-order chi connectivity index (χ1) is 6.09. The lowest BCUT2D eigenvalue weighted by atomic mass is 9.81. The quantitative estimate of drug-likeness (QED) is 0.420. The number of hydrogen-bond acceptors (Lipinski definition) is 3. The molecule has 3 heteroatoms. The van der Waals surface area contributed by atoms with Gasteiger partial charge in [-0.15, -0.1) is 0 Å². The van der Waals surface area contributed by atoms with Gasteiger partial charge in [-0.05, 0) is 0 Å². The van der Waals surface area contributed by atoms with E-state index in [0.717, 1.165) is 5.71 Å². The van der Waals surface area contributed by atoms with E-state index < -0.39 is 0 Å². The molecule has 0 amide bonds. The number of rotatable bonds is 2. The van der Waals surface area contributed by atoms with Crippen LogP contribution in [0.25, 0.3) is 0 Å². The average molecular weight is 198 g/mol. The van der Waals surface area contributed by atoms with E-state index in [2.05, 4.69) is 5.10 Å². The first-order valence-electron chi connectivity index (χ1n) is 4.89. The number of nitrogens with zero attached hydrogens (tertiary/aromatic N) is 1. The molecular weight excluding hydrogens is 176 g/mol. The minimum atomic E-state index is -0.318. The van der Waals surface area contributed by atoms with Crippen molar-refractivity contribution in [3.8, 4) is 0 Å². The molecule has 14 heavy (non-hydrogen) atoms. The molecule has 2 N–H and O–H groups in total. The molecule has 0 fully saturated rings. The Kier molecular flexibility index (Phi) is 3.86. The van der Waals surface area contributed by atoms with Gasteiger partial charge in [0.05, 0.1) is 5.71 Å². The van der Waals surface area contributed by atoms with Crippen LogP contribution < -0.4 is 5.84 Å². The topological polar surface area (TPSA) is 55.5 Å². The van der Waals surface area contributed by atoms with E-state index in [1.807, 2.05) is 41.5 Å². The van der Waals surface area contributed by atoms with E-state index in [1.54, 1.807) is 0 Å². The zero-order valence-electron chi connectivity index (χ0n) is 10.1. The van der Waals surface area contributed by atoms with Crippen molar-refractivity contribution in [2.75, 3.05) is 0 Å². The van der Waals surface area contributed by atoms with Crippen molar-refractivity contribution in [3.05, 3.63) is 0 Å². The van der Waals surface area contributed by atoms with E-state index >= 15 is 0 Å². The van der Waals surface area contributed by atoms with Crippen LogP contribution in [0.2, 0.25) is 0 Å². The first kappa shape index (κ1) is 13.1. The molecule has 0 aliphatic heterocycles. The van der Waals surface area contributed by atoms with Crippen LogP contribution in [0, 0.1) is 10.8 Å². The maximum Gasteiger partial charge on any atom is 0.143 e. The summed E-state index contributed by atoms with van der Waals surface area (Å²) in [5.41, 5.74) is 0.314. The van der Waals surface area contributed by atoms with Crippen LogP contribution in [0.5, 0.6) is 0 Å². The molecule has 0 saturated heterocycles. The van der Waals surface area contributed by atoms with Gasteiger partial charge >= 0.3 is 0 Å². The molecule has 0 atom stereocenters. The van der Waals surface area contributed by atoms with Crippen LogP contribution in [0.3, 0.4) is 0 Å². The number of nitrogens with two attached hydrogens (primary N) is 1. The Balaban J connectivity index is 4.61. The van der Waals surface area contributed by atoms with Gasteiger partial charge in [-0.2, -0.15) is 5.10 Å². The summed E-state index contributed by atoms with van der Waals surface area (Å²) in [4.78, 5) is 11.7. The van der Waals surface area contributed by atoms with Crippen LogP contribution in [0.1, 0.15) is 48.0 Å². The predicted molar refractivity (Wildman–Crippen MR) is 60.2 cm³/mol. The third-order valence-electron chi connectivity index (χ3n) is 2.19. The fourth-order valence-electron chi connectivity index (χ4n) is 0.922. The molecule has 0 aliphatic carbocycles. The standard InChI is InChI=1S/C11H22N2O/c1-10(2,3)8(13-12)7-9(14)11(4,5)6/h7,12H2,1-6H3. The molecule has 0 spiro atoms. The summed E-state index contributed by atoms with van der Waals surface area (Å²) < 4.78 is 0. The Morgan fingerprint density at radius 1 is 1.07 bits per heavy atom. The Hall–Kier alpha value is -0.860. The Morgan fingerprint density at radius 2 is 1.50 bits per heavy atom. The predicted octanol–water partition coefficient (Wildman–Crippen LogP) is 2.35. The van der Waals surface area contributed by atoms with Gasteiger partial charge in [0.25, 0.3) is 0 Å². The Morgan fingerprint density at radius 3 is 1.71 bits per heavy atom. The molecule has 3 nitrogen and oxygen atoms in total. The number of hydrazone groups is 1. The second kappa shape index (κ2) is 4.11. The first-order valence-corrected chi connectivity index (χ1v) is 4.89. The molecule has 0 unspecified atom stereocenters. The van der Waals surface area contributed by atoms with E-state index in [9.17, 15) is 4.79 Å². The van der Waals surface area contributed by atoms with Gasteiger partial charge in [0.2, 0.25) is 0 Å². The van der Waals surface area contributed by atoms with Gasteiger partial charge in [-0.3, -0.25) is 4.79 Å². The van der Waals surface area contributed by atoms with Crippen LogP contribution in [0.15, 0.2) is 5.10 Å². The van der Waals surface area contributed by atoms with Gasteiger partial charge in [-0.25, -0.2) is 0 Å². The lowest BCUT2D eigenvalue weighted by molar-refractivity contribution is -0.125. The normalized spacial score (nSPS) is 14.3. The number of hydrogen-bond donors (Lipinski definition) is 1. The fraction of sp³-hybridized carbons (Fsp3) is 0.818. The Labute approximate surface area is 86.8 Å². The molecule has 0 aliphatic rings. The summed E-state index contributed by atoms with van der Waals surface area (Å²) in [7, 11) is 0. The van der Waals surface area contributed by atoms with Gasteiger partial charge in [0, 0.05) is 17.3 Å². The van der Waals surface area contributed by atoms with Crippen LogP contribution in [0.4, 0.5) is 0 Å². The second-order valence-electron chi connectivity index (χ2n) is 5.68. The summed E-state index contributed by atoms with van der Waals surface area (Å²) in [6.07, 6.45) is 0.351. The summed E-state index contributed by atoms with van der Waals surface area (Å²) in [5.74, 6) is 5.46. The number of carbonyl (C=O) groups is 1. The molecule has 82 valence electrons. The van der Waals surface area contributed by atoms with Gasteiger partial charge < -0.3 is 5.84 Å². The summed E-state index contributed by atoms with van der Waals surface area (Å²) in [6, 6.07) is 0. The van der Waals surface area contributed by atoms with Crippen molar-refractivity contribution in [2.24, 2.45) is 21.8 Å². The molecule has 0 rings (SSSR count). The molecule has 0 radical (unpaired) electrons. The lowest BCUT2D eigenvalue weighted by Crippen LogP contribution is -2.30. The number of carbonyl (C=O) groups excluding carboxylic acids is 1. The Bertz CT molecular complexity index is 241. The molecular formula is C11H22N2O. The van der Waals surface area contributed by atoms with Crippen molar-refractivity contribution in [1.82, 2.24) is 0 Å². The van der Waals surface area contributed by atoms with Crippen LogP contribution in [-0.2, 0) is 4.79 Å². The maximum atomic E-state index is 11.7. The number of ketones is 1. The van der Waals surface area contributed by atoms with E-state index in [0.29, 0.717) is 6.42 Å². The maximum absolute atomic E-state index is 11.7. The highest BCUT2D eigenvalue weighted by molar-refractivity contribution is 6.05. The highest BCUT2D eigenvalue weighted by Crippen LogP contribution is 2.23. The van der Waals surface area contributed by atoms with Crippen molar-refractivity contribution >= 4 is 11.5 Å². The van der Waals surface area contributed by atoms with Crippen LogP contribution in [-0.4, -0.2) is 11.5 Å². The summed E-state index contributed by atoms with van der Waals surface area (Å²) >= 11 is 0. The third kappa shape index (κ3) is 3.90. The fourth-order valence-corrected chi connectivity index (χ4v) is 0.922. The van der Waals surface area contributed by atoms with Gasteiger partial charge in [-0.1, -0.05) is 41.5 Å². The smallest absolute Gasteiger partial charge is 0.143 e. The average Bonchev–Trinajstić information content (AvgIpc) is 1.95. The molecule has 0 saturated carbocycles. The second-order valence-corrected chi connectivity index (χ2v) is 5.68. The van der Waals surface area contributed by atoms with Crippen LogP contribution >= 0.6 is 0 Å². The molecule has 0 heterocycles. The monoisotopic (exact) mass is 198 g/mol. The van der Waals surface area contributed by atoms with Gasteiger partial charge in [0.1, 0.15) is 5.78 Å².